The number of rotatable bonds is 1. The molecule has 1 aliphatic rings. The lowest BCUT2D eigenvalue weighted by atomic mass is 9.92. The van der Waals surface area contributed by atoms with Gasteiger partial charge in [-0.15, -0.1) is 0 Å². The lowest BCUT2D eigenvalue weighted by Gasteiger charge is -2.30. The Morgan fingerprint density at radius 3 is 2.69 bits per heavy atom. The molecule has 0 radical (unpaired) electrons. The topological polar surface area (TPSA) is 76.0 Å². The van der Waals surface area contributed by atoms with Crippen LogP contribution in [0.2, 0.25) is 0 Å². The van der Waals surface area contributed by atoms with Crippen LogP contribution >= 0.6 is 0 Å². The molecule has 0 bridgehead atoms. The van der Waals surface area contributed by atoms with E-state index in [0.717, 1.165) is 6.42 Å². The first-order valence-corrected chi connectivity index (χ1v) is 4.26. The van der Waals surface area contributed by atoms with Gasteiger partial charge in [0.15, 0.2) is 0 Å². The fourth-order valence-electron chi connectivity index (χ4n) is 1.42. The van der Waals surface area contributed by atoms with E-state index in [-0.39, 0.29) is 0 Å². The third-order valence-electron chi connectivity index (χ3n) is 2.18. The van der Waals surface area contributed by atoms with Crippen molar-refractivity contribution in [1.82, 2.24) is 0 Å². The van der Waals surface area contributed by atoms with E-state index >= 15 is 0 Å². The predicted molar refractivity (Wildman–Crippen MR) is 43.1 cm³/mol. The number of carbonyl (C=O) groups is 1. The molecule has 0 saturated heterocycles. The Hall–Kier alpha value is -0.810. The van der Waals surface area contributed by atoms with Gasteiger partial charge in [0.1, 0.15) is 12.2 Å². The molecule has 0 aliphatic heterocycles. The Labute approximate surface area is 76.3 Å². The fourth-order valence-corrected chi connectivity index (χ4v) is 1.42. The van der Waals surface area contributed by atoms with Gasteiger partial charge in [0.2, 0.25) is 0 Å². The van der Waals surface area contributed by atoms with Gasteiger partial charge in [0.25, 0.3) is 0 Å². The molecule has 1 fully saturated rings. The Balaban J connectivity index is 2.43. The highest BCUT2D eigenvalue weighted by atomic mass is 16.7. The Kier molecular flexibility index (Phi) is 3.50. The molecular weight excluding hydrogens is 176 g/mol. The van der Waals surface area contributed by atoms with Crippen molar-refractivity contribution in [2.45, 2.75) is 37.6 Å². The van der Waals surface area contributed by atoms with Crippen LogP contribution in [0, 0.1) is 0 Å². The predicted octanol–water partition coefficient (Wildman–Crippen LogP) is 0.0437. The van der Waals surface area contributed by atoms with Crippen molar-refractivity contribution >= 4 is 6.16 Å². The SMILES string of the molecule is COC(=O)O[C@H]1CCC[C@@H](O)C1O. The number of ether oxygens (including phenoxy) is 2. The lowest BCUT2D eigenvalue weighted by Crippen LogP contribution is -2.43. The maximum absolute atomic E-state index is 10.7. The van der Waals surface area contributed by atoms with E-state index in [1.165, 1.54) is 7.11 Å². The van der Waals surface area contributed by atoms with E-state index in [0.29, 0.717) is 12.8 Å². The van der Waals surface area contributed by atoms with Crippen LogP contribution in [-0.2, 0) is 9.47 Å². The molecule has 0 aromatic rings. The molecule has 0 aromatic carbocycles. The normalized spacial score (nSPS) is 33.9. The van der Waals surface area contributed by atoms with E-state index in [4.69, 9.17) is 4.74 Å². The van der Waals surface area contributed by atoms with E-state index in [2.05, 4.69) is 4.74 Å². The van der Waals surface area contributed by atoms with Crippen molar-refractivity contribution in [1.29, 1.82) is 0 Å². The second kappa shape index (κ2) is 4.43. The summed E-state index contributed by atoms with van der Waals surface area (Å²) in [5.41, 5.74) is 0. The minimum atomic E-state index is -0.993. The number of hydrogen-bond donors (Lipinski definition) is 2. The number of aliphatic hydroxyl groups is 2. The molecule has 5 nitrogen and oxygen atoms in total. The van der Waals surface area contributed by atoms with Gasteiger partial charge in [-0.05, 0) is 19.3 Å². The molecule has 2 N–H and O–H groups in total. The summed E-state index contributed by atoms with van der Waals surface area (Å²) in [6.07, 6.45) is -1.42. The average Bonchev–Trinajstić information content (AvgIpc) is 2.13. The van der Waals surface area contributed by atoms with Gasteiger partial charge in [0, 0.05) is 0 Å². The van der Waals surface area contributed by atoms with Crippen LogP contribution in [0.4, 0.5) is 4.79 Å². The van der Waals surface area contributed by atoms with E-state index in [1.807, 2.05) is 0 Å². The fraction of sp³-hybridized carbons (Fsp3) is 0.875. The van der Waals surface area contributed by atoms with Crippen LogP contribution in [-0.4, -0.2) is 41.8 Å². The molecule has 0 amide bonds. The summed E-state index contributed by atoms with van der Waals surface area (Å²) in [5.74, 6) is 0. The first-order chi connectivity index (χ1) is 6.15. The third kappa shape index (κ3) is 2.57. The van der Waals surface area contributed by atoms with E-state index in [9.17, 15) is 15.0 Å². The third-order valence-corrected chi connectivity index (χ3v) is 2.18. The van der Waals surface area contributed by atoms with Crippen LogP contribution in [0.3, 0.4) is 0 Å². The van der Waals surface area contributed by atoms with Crippen LogP contribution in [0.1, 0.15) is 19.3 Å². The number of carbonyl (C=O) groups excluding carboxylic acids is 1. The Bertz CT molecular complexity index is 181. The molecule has 1 aliphatic carbocycles. The van der Waals surface area contributed by atoms with Gasteiger partial charge in [0.05, 0.1) is 13.2 Å². The average molecular weight is 190 g/mol. The maximum atomic E-state index is 10.7. The molecule has 1 saturated carbocycles. The van der Waals surface area contributed by atoms with Crippen LogP contribution in [0.5, 0.6) is 0 Å². The molecule has 3 atom stereocenters. The maximum Gasteiger partial charge on any atom is 0.508 e. The van der Waals surface area contributed by atoms with Crippen molar-refractivity contribution in [2.75, 3.05) is 7.11 Å². The Morgan fingerprint density at radius 1 is 1.38 bits per heavy atom. The van der Waals surface area contributed by atoms with Gasteiger partial charge < -0.3 is 19.7 Å². The summed E-state index contributed by atoms with van der Waals surface area (Å²) in [5, 5.41) is 18.7. The summed E-state index contributed by atoms with van der Waals surface area (Å²) in [6.45, 7) is 0. The number of aliphatic hydroxyl groups excluding tert-OH is 2. The first-order valence-electron chi connectivity index (χ1n) is 4.26. The van der Waals surface area contributed by atoms with Crippen LogP contribution in [0.25, 0.3) is 0 Å². The van der Waals surface area contributed by atoms with Crippen molar-refractivity contribution in [3.05, 3.63) is 0 Å². The van der Waals surface area contributed by atoms with Gasteiger partial charge in [-0.3, -0.25) is 0 Å². The Morgan fingerprint density at radius 2 is 2.08 bits per heavy atom. The highest BCUT2D eigenvalue weighted by molar-refractivity contribution is 5.59. The largest absolute Gasteiger partial charge is 0.508 e. The minimum Gasteiger partial charge on any atom is -0.438 e. The summed E-state index contributed by atoms with van der Waals surface area (Å²) < 4.78 is 9.03. The zero-order valence-electron chi connectivity index (χ0n) is 7.47. The molecule has 13 heavy (non-hydrogen) atoms. The van der Waals surface area contributed by atoms with E-state index in [1.54, 1.807) is 0 Å². The monoisotopic (exact) mass is 190 g/mol. The van der Waals surface area contributed by atoms with Crippen LogP contribution < -0.4 is 0 Å². The molecule has 0 aromatic heterocycles. The quantitative estimate of drug-likeness (QED) is 0.571. The molecule has 5 heteroatoms. The van der Waals surface area contributed by atoms with Crippen molar-refractivity contribution < 1.29 is 24.5 Å². The summed E-state index contributed by atoms with van der Waals surface area (Å²) in [6, 6.07) is 0. The summed E-state index contributed by atoms with van der Waals surface area (Å²) >= 11 is 0. The molecular formula is C8H14O5. The van der Waals surface area contributed by atoms with Crippen molar-refractivity contribution in [3.63, 3.8) is 0 Å². The van der Waals surface area contributed by atoms with Crippen molar-refractivity contribution in [2.24, 2.45) is 0 Å². The summed E-state index contributed by atoms with van der Waals surface area (Å²) in [7, 11) is 1.20. The van der Waals surface area contributed by atoms with Gasteiger partial charge in [-0.2, -0.15) is 0 Å². The second-order valence-electron chi connectivity index (χ2n) is 3.10. The molecule has 1 rings (SSSR count). The smallest absolute Gasteiger partial charge is 0.438 e. The number of hydrogen-bond acceptors (Lipinski definition) is 5. The summed E-state index contributed by atoms with van der Waals surface area (Å²) in [4.78, 5) is 10.7. The van der Waals surface area contributed by atoms with Gasteiger partial charge in [-0.1, -0.05) is 0 Å². The van der Waals surface area contributed by atoms with Crippen LogP contribution in [0.15, 0.2) is 0 Å². The first kappa shape index (κ1) is 10.3. The lowest BCUT2D eigenvalue weighted by molar-refractivity contribution is -0.0984. The van der Waals surface area contributed by atoms with Crippen molar-refractivity contribution in [3.8, 4) is 0 Å². The van der Waals surface area contributed by atoms with Gasteiger partial charge in [-0.25, -0.2) is 4.79 Å². The zero-order valence-corrected chi connectivity index (χ0v) is 7.47. The van der Waals surface area contributed by atoms with E-state index < -0.39 is 24.5 Å². The molecule has 0 heterocycles. The minimum absolute atomic E-state index is 0.544. The molecule has 76 valence electrons. The highest BCUT2D eigenvalue weighted by Gasteiger charge is 2.33. The zero-order chi connectivity index (χ0) is 9.84. The van der Waals surface area contributed by atoms with Gasteiger partial charge >= 0.3 is 6.16 Å². The second-order valence-corrected chi connectivity index (χ2v) is 3.10. The highest BCUT2D eigenvalue weighted by Crippen LogP contribution is 2.21. The molecule has 0 spiro atoms. The molecule has 1 unspecified atom stereocenters. The number of methoxy groups -OCH3 is 1. The standard InChI is InChI=1S/C8H14O5/c1-12-8(11)13-6-4-2-3-5(9)7(6)10/h5-7,9-10H,2-4H2,1H3/t5-,6+,7?/m1/s1.